The van der Waals surface area contributed by atoms with E-state index in [1.54, 1.807) is 5.01 Å². The van der Waals surface area contributed by atoms with Crippen LogP contribution in [-0.2, 0) is 0 Å². The Morgan fingerprint density at radius 2 is 2.25 bits per heavy atom. The third kappa shape index (κ3) is 1.26. The van der Waals surface area contributed by atoms with E-state index in [2.05, 4.69) is 10.1 Å². The summed E-state index contributed by atoms with van der Waals surface area (Å²) in [6.45, 7) is 0.688. The quantitative estimate of drug-likeness (QED) is 0.551. The lowest BCUT2D eigenvalue weighted by atomic mass is 10.3. The van der Waals surface area contributed by atoms with Crippen molar-refractivity contribution >= 4 is 33.7 Å². The Balaban J connectivity index is 2.42. The van der Waals surface area contributed by atoms with Gasteiger partial charge in [-0.15, -0.1) is 5.10 Å². The van der Waals surface area contributed by atoms with Crippen molar-refractivity contribution in [3.8, 4) is 0 Å². The van der Waals surface area contributed by atoms with E-state index in [1.165, 1.54) is 0 Å². The molecule has 0 N–H and O–H groups in total. The fourth-order valence-corrected chi connectivity index (χ4v) is 1.49. The summed E-state index contributed by atoms with van der Waals surface area (Å²) in [7, 11) is 0. The summed E-state index contributed by atoms with van der Waals surface area (Å²) in [4.78, 5) is 3.82. The maximum atomic E-state index is 5.83. The van der Waals surface area contributed by atoms with Crippen LogP contribution in [0.3, 0.4) is 0 Å². The van der Waals surface area contributed by atoms with Gasteiger partial charge in [0.25, 0.3) is 0 Å². The van der Waals surface area contributed by atoms with Crippen molar-refractivity contribution in [1.82, 2.24) is 5.01 Å². The predicted molar refractivity (Wildman–Crippen MR) is 50.5 cm³/mol. The highest BCUT2D eigenvalue weighted by Gasteiger charge is 2.19. The van der Waals surface area contributed by atoms with Crippen molar-refractivity contribution in [2.75, 3.05) is 6.54 Å². The lowest BCUT2D eigenvalue weighted by molar-refractivity contribution is 0.418. The summed E-state index contributed by atoms with van der Waals surface area (Å²) >= 11 is 11.4. The summed E-state index contributed by atoms with van der Waals surface area (Å²) in [5.74, 6) is 0. The molecule has 0 radical (unpaired) electrons. The number of fused-ring (bicyclic) bond motifs is 1. The van der Waals surface area contributed by atoms with Crippen LogP contribution in [0, 0.1) is 0 Å². The highest BCUT2D eigenvalue weighted by atomic mass is 35.5. The molecule has 5 heteroatoms. The van der Waals surface area contributed by atoms with Crippen LogP contribution >= 0.6 is 23.2 Å². The van der Waals surface area contributed by atoms with Gasteiger partial charge < -0.3 is 0 Å². The Kier molecular flexibility index (Phi) is 1.90. The van der Waals surface area contributed by atoms with Crippen LogP contribution < -0.4 is 0 Å². The Bertz CT molecular complexity index is 328. The third-order valence-corrected chi connectivity index (χ3v) is 1.99. The molecule has 0 bridgehead atoms. The Labute approximate surface area is 79.7 Å². The molecule has 2 rings (SSSR count). The average molecular weight is 202 g/mol. The van der Waals surface area contributed by atoms with E-state index in [0.717, 1.165) is 5.70 Å². The molecule has 0 aliphatic carbocycles. The van der Waals surface area contributed by atoms with Gasteiger partial charge in [-0.05, 0) is 17.7 Å². The van der Waals surface area contributed by atoms with Crippen molar-refractivity contribution in [3.05, 3.63) is 23.9 Å². The van der Waals surface area contributed by atoms with E-state index in [4.69, 9.17) is 23.2 Å². The third-order valence-electron chi connectivity index (χ3n) is 1.55. The molecule has 12 heavy (non-hydrogen) atoms. The molecular weight excluding hydrogens is 197 g/mol. The second kappa shape index (κ2) is 2.92. The van der Waals surface area contributed by atoms with E-state index in [-0.39, 0.29) is 5.29 Å². The second-order valence-corrected chi connectivity index (χ2v) is 3.03. The van der Waals surface area contributed by atoms with Crippen LogP contribution in [0.25, 0.3) is 0 Å². The summed E-state index contributed by atoms with van der Waals surface area (Å²) < 4.78 is 0. The van der Waals surface area contributed by atoms with Crippen molar-refractivity contribution < 1.29 is 0 Å². The zero-order valence-electron chi connectivity index (χ0n) is 6.04. The molecule has 0 unspecified atom stereocenters. The number of hydrogen-bond donors (Lipinski definition) is 0. The molecule has 0 aromatic rings. The molecule has 0 spiro atoms. The fourth-order valence-electron chi connectivity index (χ4n) is 1.03. The summed E-state index contributed by atoms with van der Waals surface area (Å²) in [6.07, 6.45) is 5.73. The minimum Gasteiger partial charge on any atom is -0.256 e. The van der Waals surface area contributed by atoms with Gasteiger partial charge in [0.1, 0.15) is 0 Å². The van der Waals surface area contributed by atoms with E-state index < -0.39 is 0 Å². The fraction of sp³-hybridized carbons (Fsp3) is 0.143. The summed E-state index contributed by atoms with van der Waals surface area (Å²) in [5, 5.41) is 6.25. The van der Waals surface area contributed by atoms with Crippen LogP contribution in [0.2, 0.25) is 0 Å². The largest absolute Gasteiger partial charge is 0.256 e. The van der Waals surface area contributed by atoms with E-state index in [0.29, 0.717) is 11.7 Å². The van der Waals surface area contributed by atoms with Crippen molar-refractivity contribution in [2.24, 2.45) is 10.1 Å². The van der Waals surface area contributed by atoms with Crippen molar-refractivity contribution in [3.63, 3.8) is 0 Å². The van der Waals surface area contributed by atoms with Crippen molar-refractivity contribution in [1.29, 1.82) is 0 Å². The van der Waals surface area contributed by atoms with Gasteiger partial charge in [0, 0.05) is 0 Å². The lowest BCUT2D eigenvalue weighted by Crippen LogP contribution is -2.26. The van der Waals surface area contributed by atoms with Gasteiger partial charge in [-0.2, -0.15) is 0 Å². The number of aliphatic imine (C=N–C) groups is 1. The van der Waals surface area contributed by atoms with E-state index >= 15 is 0 Å². The Morgan fingerprint density at radius 1 is 1.42 bits per heavy atom. The average Bonchev–Trinajstić information content (AvgIpc) is 2.04. The van der Waals surface area contributed by atoms with E-state index in [1.807, 2.05) is 18.2 Å². The monoisotopic (exact) mass is 201 g/mol. The van der Waals surface area contributed by atoms with Gasteiger partial charge in [0.2, 0.25) is 5.29 Å². The number of hydrazone groups is 1. The van der Waals surface area contributed by atoms with E-state index in [9.17, 15) is 0 Å². The van der Waals surface area contributed by atoms with Gasteiger partial charge in [-0.3, -0.25) is 5.01 Å². The number of hydrogen-bond acceptors (Lipinski definition) is 3. The van der Waals surface area contributed by atoms with Gasteiger partial charge in [0.15, 0.2) is 5.17 Å². The lowest BCUT2D eigenvalue weighted by Gasteiger charge is -2.24. The first-order valence-electron chi connectivity index (χ1n) is 3.40. The van der Waals surface area contributed by atoms with Crippen LogP contribution in [0.15, 0.2) is 34.0 Å². The first-order valence-corrected chi connectivity index (χ1v) is 4.16. The molecule has 0 fully saturated rings. The number of rotatable bonds is 0. The normalized spacial score (nSPS) is 21.2. The predicted octanol–water partition coefficient (Wildman–Crippen LogP) is 1.90. The molecule has 0 aromatic heterocycles. The zero-order chi connectivity index (χ0) is 8.55. The minimum absolute atomic E-state index is 0.174. The molecule has 2 heterocycles. The zero-order valence-corrected chi connectivity index (χ0v) is 7.55. The molecule has 62 valence electrons. The minimum atomic E-state index is 0.174. The molecule has 0 atom stereocenters. The number of halogens is 2. The highest BCUT2D eigenvalue weighted by molar-refractivity contribution is 6.74. The number of amidine groups is 1. The molecule has 2 aliphatic heterocycles. The van der Waals surface area contributed by atoms with Gasteiger partial charge in [0.05, 0.1) is 12.2 Å². The van der Waals surface area contributed by atoms with Crippen LogP contribution in [0.4, 0.5) is 0 Å². The first kappa shape index (κ1) is 7.83. The van der Waals surface area contributed by atoms with Crippen LogP contribution in [0.1, 0.15) is 0 Å². The standard InChI is InChI=1S/C7H5Cl2N3/c8-6-5-3-1-2-4-12(5)11-7(9)10-6/h1-3H,4H2. The van der Waals surface area contributed by atoms with Crippen LogP contribution in [-0.4, -0.2) is 22.0 Å². The van der Waals surface area contributed by atoms with Gasteiger partial charge >= 0.3 is 0 Å². The smallest absolute Gasteiger partial charge is 0.242 e. The highest BCUT2D eigenvalue weighted by Crippen LogP contribution is 2.19. The van der Waals surface area contributed by atoms with Crippen LogP contribution in [0.5, 0.6) is 0 Å². The Hall–Kier alpha value is -0.800. The first-order chi connectivity index (χ1) is 5.77. The molecule has 0 amide bonds. The molecule has 3 nitrogen and oxygen atoms in total. The Morgan fingerprint density at radius 3 is 3.08 bits per heavy atom. The number of nitrogens with zero attached hydrogens (tertiary/aromatic N) is 3. The van der Waals surface area contributed by atoms with Gasteiger partial charge in [-0.1, -0.05) is 23.8 Å². The number of allylic oxidation sites excluding steroid dienone is 3. The molecule has 0 saturated heterocycles. The SMILES string of the molecule is ClC1=NN2CC=CC=C2C(Cl)=N1. The molecular formula is C7H5Cl2N3. The summed E-state index contributed by atoms with van der Waals surface area (Å²) in [6, 6.07) is 0. The van der Waals surface area contributed by atoms with Gasteiger partial charge in [-0.25, -0.2) is 4.99 Å². The topological polar surface area (TPSA) is 28.0 Å². The molecule has 0 saturated carbocycles. The molecule has 2 aliphatic rings. The second-order valence-electron chi connectivity index (χ2n) is 2.33. The molecule has 0 aromatic carbocycles. The van der Waals surface area contributed by atoms with Crippen molar-refractivity contribution in [2.45, 2.75) is 0 Å². The maximum absolute atomic E-state index is 5.83. The maximum Gasteiger partial charge on any atom is 0.242 e. The summed E-state index contributed by atoms with van der Waals surface area (Å²) in [5.41, 5.74) is 0.795.